The number of nitrogens with zero attached hydrogens (tertiary/aromatic N) is 4. The fraction of sp³-hybridized carbons (Fsp3) is 0.360. The minimum absolute atomic E-state index is 0.0481. The van der Waals surface area contributed by atoms with Crippen molar-refractivity contribution in [1.29, 1.82) is 0 Å². The molecule has 3 aromatic rings. The van der Waals surface area contributed by atoms with Crippen molar-refractivity contribution < 1.29 is 19.4 Å². The minimum Gasteiger partial charge on any atom is -0.508 e. The second-order valence-electron chi connectivity index (χ2n) is 9.57. The third-order valence-electron chi connectivity index (χ3n) is 5.69. The zero-order valence-corrected chi connectivity index (χ0v) is 20.1. The molecule has 2 amide bonds. The van der Waals surface area contributed by atoms with E-state index < -0.39 is 11.5 Å². The van der Waals surface area contributed by atoms with Crippen molar-refractivity contribution in [2.45, 2.75) is 45.3 Å². The number of nitrogens with two attached hydrogens (primary N) is 1. The minimum atomic E-state index is -0.517. The molecule has 1 saturated heterocycles. The van der Waals surface area contributed by atoms with Gasteiger partial charge in [-0.1, -0.05) is 6.07 Å². The summed E-state index contributed by atoms with van der Waals surface area (Å²) in [6.07, 6.45) is 6.48. The summed E-state index contributed by atoms with van der Waals surface area (Å²) in [5, 5.41) is 16.9. The number of piperidine rings is 1. The highest BCUT2D eigenvalue weighted by atomic mass is 16.6. The Balaban J connectivity index is 1.43. The maximum absolute atomic E-state index is 12.8. The molecular weight excluding hydrogens is 448 g/mol. The number of carbonyl (C=O) groups is 2. The molecule has 1 aliphatic rings. The Hall–Kier alpha value is -4.08. The van der Waals surface area contributed by atoms with Gasteiger partial charge in [0.2, 0.25) is 0 Å². The van der Waals surface area contributed by atoms with E-state index in [2.05, 4.69) is 15.4 Å². The average molecular weight is 479 g/mol. The molecule has 1 aromatic carbocycles. The number of aromatic nitrogens is 3. The Morgan fingerprint density at radius 1 is 1.14 bits per heavy atom. The zero-order valence-electron chi connectivity index (χ0n) is 20.1. The largest absolute Gasteiger partial charge is 0.508 e. The van der Waals surface area contributed by atoms with Gasteiger partial charge >= 0.3 is 6.09 Å². The Kier molecular flexibility index (Phi) is 6.63. The number of pyridine rings is 1. The predicted molar refractivity (Wildman–Crippen MR) is 132 cm³/mol. The summed E-state index contributed by atoms with van der Waals surface area (Å²) in [6, 6.07) is 8.10. The summed E-state index contributed by atoms with van der Waals surface area (Å²) in [6.45, 7) is 6.76. The van der Waals surface area contributed by atoms with Gasteiger partial charge in [0.1, 0.15) is 17.2 Å². The SMILES string of the molecule is CC(C)(C)OC(=O)N1CCC(n2cc(-c3cnc(N)c(C(=O)Nc4cccc(O)c4)c3)cn2)CC1. The Bertz CT molecular complexity index is 1220. The molecule has 10 heteroatoms. The van der Waals surface area contributed by atoms with E-state index in [1.54, 1.807) is 35.5 Å². The number of nitrogen functional groups attached to an aromatic ring is 1. The van der Waals surface area contributed by atoms with Crippen molar-refractivity contribution in [2.24, 2.45) is 0 Å². The van der Waals surface area contributed by atoms with Crippen LogP contribution in [0.25, 0.3) is 11.1 Å². The fourth-order valence-corrected chi connectivity index (χ4v) is 3.92. The molecule has 0 saturated carbocycles. The van der Waals surface area contributed by atoms with E-state index in [-0.39, 0.29) is 29.3 Å². The first-order valence-corrected chi connectivity index (χ1v) is 11.5. The van der Waals surface area contributed by atoms with E-state index in [1.165, 1.54) is 12.1 Å². The monoisotopic (exact) mass is 478 g/mol. The Labute approximate surface area is 203 Å². The number of likely N-dealkylation sites (tertiary alicyclic amines) is 1. The summed E-state index contributed by atoms with van der Waals surface area (Å²) in [4.78, 5) is 31.0. The van der Waals surface area contributed by atoms with Crippen molar-refractivity contribution in [3.05, 3.63) is 54.5 Å². The number of anilines is 2. The molecule has 0 spiro atoms. The smallest absolute Gasteiger partial charge is 0.410 e. The third-order valence-corrected chi connectivity index (χ3v) is 5.69. The molecule has 2 aromatic heterocycles. The van der Waals surface area contributed by atoms with Gasteiger partial charge in [-0.3, -0.25) is 9.48 Å². The van der Waals surface area contributed by atoms with E-state index in [0.717, 1.165) is 18.4 Å². The van der Waals surface area contributed by atoms with Crippen molar-refractivity contribution in [3.63, 3.8) is 0 Å². The van der Waals surface area contributed by atoms with Gasteiger partial charge in [0.25, 0.3) is 5.91 Å². The second kappa shape index (κ2) is 9.65. The van der Waals surface area contributed by atoms with Crippen LogP contribution in [-0.2, 0) is 4.74 Å². The lowest BCUT2D eigenvalue weighted by Crippen LogP contribution is -2.42. The highest BCUT2D eigenvalue weighted by molar-refractivity contribution is 6.07. The molecule has 0 radical (unpaired) electrons. The van der Waals surface area contributed by atoms with Crippen LogP contribution in [0.15, 0.2) is 48.9 Å². The maximum atomic E-state index is 12.8. The lowest BCUT2D eigenvalue weighted by Gasteiger charge is -2.33. The molecule has 10 nitrogen and oxygen atoms in total. The molecule has 184 valence electrons. The van der Waals surface area contributed by atoms with Gasteiger partial charge in [-0.05, 0) is 51.8 Å². The van der Waals surface area contributed by atoms with Crippen LogP contribution in [0.2, 0.25) is 0 Å². The number of benzene rings is 1. The molecule has 0 bridgehead atoms. The van der Waals surface area contributed by atoms with Crippen LogP contribution in [-0.4, -0.2) is 55.5 Å². The normalized spacial score (nSPS) is 14.5. The molecular formula is C25H30N6O4. The molecule has 4 rings (SSSR count). The van der Waals surface area contributed by atoms with Crippen molar-refractivity contribution >= 4 is 23.5 Å². The van der Waals surface area contributed by atoms with Gasteiger partial charge in [-0.2, -0.15) is 5.10 Å². The molecule has 35 heavy (non-hydrogen) atoms. The van der Waals surface area contributed by atoms with E-state index >= 15 is 0 Å². The molecule has 1 fully saturated rings. The topological polar surface area (TPSA) is 136 Å². The maximum Gasteiger partial charge on any atom is 0.410 e. The van der Waals surface area contributed by atoms with Gasteiger partial charge < -0.3 is 25.8 Å². The van der Waals surface area contributed by atoms with Crippen molar-refractivity contribution in [1.82, 2.24) is 19.7 Å². The summed E-state index contributed by atoms with van der Waals surface area (Å²) in [5.41, 5.74) is 7.63. The number of phenols is 1. The number of aromatic hydroxyl groups is 1. The van der Waals surface area contributed by atoms with Gasteiger partial charge in [0.05, 0.1) is 17.8 Å². The molecule has 4 N–H and O–H groups in total. The Morgan fingerprint density at radius 3 is 2.57 bits per heavy atom. The van der Waals surface area contributed by atoms with Crippen molar-refractivity contribution in [2.75, 3.05) is 24.1 Å². The van der Waals surface area contributed by atoms with E-state index in [0.29, 0.717) is 24.3 Å². The van der Waals surface area contributed by atoms with Crippen LogP contribution in [0.4, 0.5) is 16.3 Å². The number of phenolic OH excluding ortho intramolecular Hbond substituents is 1. The van der Waals surface area contributed by atoms with Gasteiger partial charge in [-0.15, -0.1) is 0 Å². The standard InChI is InChI=1S/C25H30N6O4/c1-25(2,3)35-24(34)30-9-7-19(8-10-30)31-15-17(14-28-31)16-11-21(22(26)27-13-16)23(33)29-18-5-4-6-20(32)12-18/h4-6,11-15,19,32H,7-10H2,1-3H3,(H2,26,27)(H,29,33). The van der Waals surface area contributed by atoms with E-state index in [1.807, 2.05) is 31.6 Å². The molecule has 3 heterocycles. The molecule has 0 unspecified atom stereocenters. The number of amides is 2. The summed E-state index contributed by atoms with van der Waals surface area (Å²) in [5.74, 6) is -0.273. The van der Waals surface area contributed by atoms with Gasteiger partial charge in [0.15, 0.2) is 0 Å². The second-order valence-corrected chi connectivity index (χ2v) is 9.57. The van der Waals surface area contributed by atoms with Crippen LogP contribution < -0.4 is 11.1 Å². The number of nitrogens with one attached hydrogen (secondary N) is 1. The summed E-state index contributed by atoms with van der Waals surface area (Å²) >= 11 is 0. The number of rotatable bonds is 4. The number of carbonyl (C=O) groups excluding carboxylic acids is 2. The van der Waals surface area contributed by atoms with Crippen LogP contribution in [0, 0.1) is 0 Å². The number of hydrogen-bond donors (Lipinski definition) is 3. The van der Waals surface area contributed by atoms with Crippen LogP contribution in [0.3, 0.4) is 0 Å². The lowest BCUT2D eigenvalue weighted by atomic mass is 10.1. The fourth-order valence-electron chi connectivity index (χ4n) is 3.92. The van der Waals surface area contributed by atoms with E-state index in [9.17, 15) is 14.7 Å². The summed E-state index contributed by atoms with van der Waals surface area (Å²) in [7, 11) is 0. The lowest BCUT2D eigenvalue weighted by molar-refractivity contribution is 0.0184. The van der Waals surface area contributed by atoms with Crippen molar-refractivity contribution in [3.8, 4) is 16.9 Å². The first-order valence-electron chi connectivity index (χ1n) is 11.5. The average Bonchev–Trinajstić information content (AvgIpc) is 3.28. The quantitative estimate of drug-likeness (QED) is 0.514. The number of ether oxygens (including phenoxy) is 1. The predicted octanol–water partition coefficient (Wildman–Crippen LogP) is 4.06. The summed E-state index contributed by atoms with van der Waals surface area (Å²) < 4.78 is 7.36. The first-order chi connectivity index (χ1) is 16.6. The highest BCUT2D eigenvalue weighted by Crippen LogP contribution is 2.28. The molecule has 0 aliphatic carbocycles. The Morgan fingerprint density at radius 2 is 1.89 bits per heavy atom. The van der Waals surface area contributed by atoms with Crippen LogP contribution in [0.1, 0.15) is 50.0 Å². The zero-order chi connectivity index (χ0) is 25.2. The molecule has 1 aliphatic heterocycles. The molecule has 0 atom stereocenters. The van der Waals surface area contributed by atoms with E-state index in [4.69, 9.17) is 10.5 Å². The highest BCUT2D eigenvalue weighted by Gasteiger charge is 2.28. The van der Waals surface area contributed by atoms with Crippen LogP contribution >= 0.6 is 0 Å². The van der Waals surface area contributed by atoms with Gasteiger partial charge in [-0.25, -0.2) is 9.78 Å². The first kappa shape index (κ1) is 24.1. The van der Waals surface area contributed by atoms with Crippen LogP contribution in [0.5, 0.6) is 5.75 Å². The van der Waals surface area contributed by atoms with Gasteiger partial charge in [0, 0.05) is 48.4 Å². The third kappa shape index (κ3) is 5.89. The number of hydrogen-bond acceptors (Lipinski definition) is 7.